The third-order valence-corrected chi connectivity index (χ3v) is 8.68. The highest BCUT2D eigenvalue weighted by atomic mass is 35.5. The highest BCUT2D eigenvalue weighted by Crippen LogP contribution is 2.48. The standard InChI is InChI=1S/C28H32ClN7O/c1-16-10-17(18-11-21-4-5-22(12-18)36(21)20-2-3-20)13-24-26(16)34-27(33-24)25-23(6-7-31-28(25)37)30-8-9-35-15-19(29)14-32-35/h6-7,10,13-15,18,20-22H,2-5,8-9,11-12H2,1H3,(H,33,34)(H2,30,31,37). The van der Waals surface area contributed by atoms with E-state index in [0.29, 0.717) is 35.4 Å². The molecule has 1 saturated carbocycles. The first-order chi connectivity index (χ1) is 18.0. The van der Waals surface area contributed by atoms with Crippen molar-refractivity contribution in [3.63, 3.8) is 0 Å². The first kappa shape index (κ1) is 23.0. The Balaban J connectivity index is 1.16. The quantitative estimate of drug-likeness (QED) is 0.318. The number of fused-ring (bicyclic) bond motifs is 3. The summed E-state index contributed by atoms with van der Waals surface area (Å²) in [6.07, 6.45) is 13.1. The molecule has 0 amide bonds. The number of imidazole rings is 1. The highest BCUT2D eigenvalue weighted by molar-refractivity contribution is 6.30. The van der Waals surface area contributed by atoms with Crippen LogP contribution in [0.2, 0.25) is 5.02 Å². The molecule has 2 unspecified atom stereocenters. The van der Waals surface area contributed by atoms with Crippen LogP contribution in [0.25, 0.3) is 22.4 Å². The Morgan fingerprint density at radius 2 is 1.92 bits per heavy atom. The van der Waals surface area contributed by atoms with E-state index in [2.05, 4.69) is 44.3 Å². The third kappa shape index (κ3) is 4.26. The van der Waals surface area contributed by atoms with E-state index in [9.17, 15) is 4.79 Å². The van der Waals surface area contributed by atoms with Gasteiger partial charge >= 0.3 is 0 Å². The molecule has 3 aromatic heterocycles. The number of rotatable bonds is 7. The summed E-state index contributed by atoms with van der Waals surface area (Å²) in [5, 5.41) is 8.20. The van der Waals surface area contributed by atoms with Gasteiger partial charge in [0.2, 0.25) is 0 Å². The van der Waals surface area contributed by atoms with Crippen LogP contribution < -0.4 is 10.9 Å². The number of hydrogen-bond acceptors (Lipinski definition) is 5. The van der Waals surface area contributed by atoms with E-state index in [1.807, 2.05) is 6.07 Å². The molecule has 3 fully saturated rings. The first-order valence-electron chi connectivity index (χ1n) is 13.4. The Bertz CT molecular complexity index is 1500. The minimum absolute atomic E-state index is 0.173. The van der Waals surface area contributed by atoms with Crippen molar-refractivity contribution >= 4 is 28.3 Å². The van der Waals surface area contributed by atoms with Crippen molar-refractivity contribution in [1.29, 1.82) is 0 Å². The van der Waals surface area contributed by atoms with Crippen LogP contribution in [-0.2, 0) is 6.54 Å². The van der Waals surface area contributed by atoms with Crippen molar-refractivity contribution in [2.24, 2.45) is 0 Å². The number of aromatic nitrogens is 5. The van der Waals surface area contributed by atoms with Crippen molar-refractivity contribution < 1.29 is 0 Å². The molecule has 0 radical (unpaired) electrons. The van der Waals surface area contributed by atoms with E-state index >= 15 is 0 Å². The monoisotopic (exact) mass is 517 g/mol. The number of anilines is 1. The number of hydrogen-bond donors (Lipinski definition) is 3. The highest BCUT2D eigenvalue weighted by Gasteiger charge is 2.47. The van der Waals surface area contributed by atoms with E-state index in [4.69, 9.17) is 16.6 Å². The van der Waals surface area contributed by atoms with E-state index in [0.717, 1.165) is 40.4 Å². The molecule has 4 aromatic rings. The molecule has 8 nitrogen and oxygen atoms in total. The molecular formula is C28H32ClN7O. The van der Waals surface area contributed by atoms with Crippen molar-refractivity contribution in [1.82, 2.24) is 29.6 Å². The van der Waals surface area contributed by atoms with E-state index in [1.165, 1.54) is 44.1 Å². The molecule has 192 valence electrons. The summed E-state index contributed by atoms with van der Waals surface area (Å²) in [5.41, 5.74) is 5.58. The first-order valence-corrected chi connectivity index (χ1v) is 13.8. The van der Waals surface area contributed by atoms with Crippen LogP contribution in [0.5, 0.6) is 0 Å². The van der Waals surface area contributed by atoms with Gasteiger partial charge in [-0.15, -0.1) is 0 Å². The number of piperidine rings is 1. The Labute approximate surface area is 220 Å². The molecule has 2 saturated heterocycles. The molecule has 2 aliphatic heterocycles. The van der Waals surface area contributed by atoms with Gasteiger partial charge in [-0.2, -0.15) is 5.10 Å². The minimum atomic E-state index is -0.173. The van der Waals surface area contributed by atoms with Crippen LogP contribution in [-0.4, -0.2) is 54.3 Å². The number of benzene rings is 1. The van der Waals surface area contributed by atoms with Crippen LogP contribution in [0.4, 0.5) is 5.69 Å². The van der Waals surface area contributed by atoms with Gasteiger partial charge in [-0.05, 0) is 74.6 Å². The van der Waals surface area contributed by atoms with Gasteiger partial charge in [0.25, 0.3) is 5.56 Å². The smallest absolute Gasteiger partial charge is 0.261 e. The Kier molecular flexibility index (Phi) is 5.62. The lowest BCUT2D eigenvalue weighted by molar-refractivity contribution is 0.118. The molecule has 3 aliphatic rings. The number of pyridine rings is 1. The van der Waals surface area contributed by atoms with Crippen LogP contribution in [0, 0.1) is 6.92 Å². The Hall–Kier alpha value is -3.10. The van der Waals surface area contributed by atoms with Crippen LogP contribution in [0.1, 0.15) is 55.6 Å². The lowest BCUT2D eigenvalue weighted by atomic mass is 9.84. The maximum atomic E-state index is 12.9. The fraction of sp³-hybridized carbons (Fsp3) is 0.464. The van der Waals surface area contributed by atoms with Gasteiger partial charge in [0.05, 0.1) is 34.5 Å². The van der Waals surface area contributed by atoms with Crippen molar-refractivity contribution in [3.05, 3.63) is 63.3 Å². The average molecular weight is 518 g/mol. The number of aryl methyl sites for hydroxylation is 1. The number of H-pyrrole nitrogens is 2. The molecule has 1 aliphatic carbocycles. The number of aromatic amines is 2. The molecule has 3 N–H and O–H groups in total. The van der Waals surface area contributed by atoms with Gasteiger partial charge in [0, 0.05) is 37.1 Å². The van der Waals surface area contributed by atoms with Gasteiger partial charge in [-0.3, -0.25) is 14.4 Å². The van der Waals surface area contributed by atoms with Gasteiger partial charge in [-0.1, -0.05) is 17.7 Å². The van der Waals surface area contributed by atoms with E-state index in [1.54, 1.807) is 23.3 Å². The summed E-state index contributed by atoms with van der Waals surface area (Å²) < 4.78 is 1.77. The molecule has 7 rings (SSSR count). The summed E-state index contributed by atoms with van der Waals surface area (Å²) in [6.45, 7) is 3.36. The van der Waals surface area contributed by atoms with Crippen LogP contribution in [0.15, 0.2) is 41.6 Å². The molecule has 2 bridgehead atoms. The molecule has 1 aromatic carbocycles. The molecule has 9 heteroatoms. The average Bonchev–Trinajstić information content (AvgIpc) is 3.40. The van der Waals surface area contributed by atoms with E-state index in [-0.39, 0.29) is 5.56 Å². The van der Waals surface area contributed by atoms with Crippen molar-refractivity contribution in [2.45, 2.75) is 76.0 Å². The molecule has 0 spiro atoms. The Morgan fingerprint density at radius 1 is 1.14 bits per heavy atom. The summed E-state index contributed by atoms with van der Waals surface area (Å²) in [6, 6.07) is 8.84. The van der Waals surface area contributed by atoms with Crippen LogP contribution >= 0.6 is 11.6 Å². The predicted molar refractivity (Wildman–Crippen MR) is 146 cm³/mol. The van der Waals surface area contributed by atoms with Crippen molar-refractivity contribution in [3.8, 4) is 11.4 Å². The maximum absolute atomic E-state index is 12.9. The zero-order valence-corrected chi connectivity index (χ0v) is 21.8. The van der Waals surface area contributed by atoms with Gasteiger partial charge in [0.1, 0.15) is 11.4 Å². The Morgan fingerprint density at radius 3 is 2.65 bits per heavy atom. The second-order valence-corrected chi connectivity index (χ2v) is 11.4. The van der Waals surface area contributed by atoms with Gasteiger partial charge in [0.15, 0.2) is 0 Å². The summed E-state index contributed by atoms with van der Waals surface area (Å²) >= 11 is 5.97. The second-order valence-electron chi connectivity index (χ2n) is 11.0. The fourth-order valence-electron chi connectivity index (χ4n) is 6.75. The second kappa shape index (κ2) is 9.03. The molecule has 37 heavy (non-hydrogen) atoms. The lowest BCUT2D eigenvalue weighted by Gasteiger charge is -2.39. The SMILES string of the molecule is Cc1cc(C2CC3CCC(C2)N3C2CC2)cc2[nH]c(-c3c(NCCn4cc(Cl)cn4)cc[nH]c3=O)nc12. The zero-order valence-electron chi connectivity index (χ0n) is 21.0. The topological polar surface area (TPSA) is 94.6 Å². The van der Waals surface area contributed by atoms with Gasteiger partial charge in [-0.25, -0.2) is 4.98 Å². The predicted octanol–water partition coefficient (Wildman–Crippen LogP) is 5.06. The molecule has 5 heterocycles. The van der Waals surface area contributed by atoms with Gasteiger partial charge < -0.3 is 15.3 Å². The zero-order chi connectivity index (χ0) is 25.1. The van der Waals surface area contributed by atoms with Crippen LogP contribution in [0.3, 0.4) is 0 Å². The summed E-state index contributed by atoms with van der Waals surface area (Å²) in [7, 11) is 0. The normalized spacial score (nSPS) is 23.7. The fourth-order valence-corrected chi connectivity index (χ4v) is 6.91. The van der Waals surface area contributed by atoms with E-state index < -0.39 is 0 Å². The number of nitrogens with zero attached hydrogens (tertiary/aromatic N) is 4. The minimum Gasteiger partial charge on any atom is -0.382 e. The summed E-state index contributed by atoms with van der Waals surface area (Å²) in [4.78, 5) is 27.0. The number of nitrogens with one attached hydrogen (secondary N) is 3. The largest absolute Gasteiger partial charge is 0.382 e. The maximum Gasteiger partial charge on any atom is 0.261 e. The molecular weight excluding hydrogens is 486 g/mol. The number of halogens is 1. The third-order valence-electron chi connectivity index (χ3n) is 8.48. The van der Waals surface area contributed by atoms with Crippen molar-refractivity contribution in [2.75, 3.05) is 11.9 Å². The summed E-state index contributed by atoms with van der Waals surface area (Å²) in [5.74, 6) is 1.18. The lowest BCUT2D eigenvalue weighted by Crippen LogP contribution is -2.43. The molecule has 2 atom stereocenters.